The molecule has 1 aromatic rings. The van der Waals surface area contributed by atoms with Gasteiger partial charge in [-0.3, -0.25) is 4.79 Å². The number of ketones is 1. The molecule has 0 radical (unpaired) electrons. The lowest BCUT2D eigenvalue weighted by atomic mass is 9.93. The summed E-state index contributed by atoms with van der Waals surface area (Å²) >= 11 is 1.76. The minimum atomic E-state index is 0.133. The Kier molecular flexibility index (Phi) is 4.21. The van der Waals surface area contributed by atoms with E-state index in [-0.39, 0.29) is 5.41 Å². The first-order chi connectivity index (χ1) is 8.45. The van der Waals surface area contributed by atoms with E-state index < -0.39 is 0 Å². The van der Waals surface area contributed by atoms with Crippen molar-refractivity contribution >= 4 is 17.1 Å². The maximum atomic E-state index is 11.6. The maximum absolute atomic E-state index is 11.6. The van der Waals surface area contributed by atoms with E-state index in [0.29, 0.717) is 11.7 Å². The molecular formula is C15H23NOS. The summed E-state index contributed by atoms with van der Waals surface area (Å²) < 4.78 is 0. The Morgan fingerprint density at radius 2 is 2.17 bits per heavy atom. The van der Waals surface area contributed by atoms with Crippen LogP contribution in [0.3, 0.4) is 0 Å². The van der Waals surface area contributed by atoms with Gasteiger partial charge in [0.1, 0.15) is 5.78 Å². The SMILES string of the molecule is CC(C)(C)c1csc(CC2CCCCC(=O)C2)n1. The lowest BCUT2D eigenvalue weighted by Gasteiger charge is -2.15. The molecule has 1 fully saturated rings. The van der Waals surface area contributed by atoms with Crippen LogP contribution in [0.1, 0.15) is 63.6 Å². The summed E-state index contributed by atoms with van der Waals surface area (Å²) in [4.78, 5) is 16.4. The molecule has 2 rings (SSSR count). The Labute approximate surface area is 114 Å². The molecule has 1 unspecified atom stereocenters. The van der Waals surface area contributed by atoms with Gasteiger partial charge in [0.05, 0.1) is 10.7 Å². The number of hydrogen-bond acceptors (Lipinski definition) is 3. The van der Waals surface area contributed by atoms with Crippen LogP contribution >= 0.6 is 11.3 Å². The van der Waals surface area contributed by atoms with Crippen LogP contribution in [0.4, 0.5) is 0 Å². The van der Waals surface area contributed by atoms with Crippen molar-refractivity contribution in [2.24, 2.45) is 5.92 Å². The highest BCUT2D eigenvalue weighted by molar-refractivity contribution is 7.09. The Balaban J connectivity index is 2.00. The number of carbonyl (C=O) groups excluding carboxylic acids is 1. The molecule has 100 valence electrons. The van der Waals surface area contributed by atoms with Crippen LogP contribution in [0.2, 0.25) is 0 Å². The standard InChI is InChI=1S/C15H23NOS/c1-15(2,3)13-10-18-14(16-13)9-11-6-4-5-7-12(17)8-11/h10-11H,4-9H2,1-3H3. The number of rotatable bonds is 2. The molecule has 0 N–H and O–H groups in total. The number of carbonyl (C=O) groups is 1. The van der Waals surface area contributed by atoms with Crippen molar-refractivity contribution in [2.45, 2.75) is 64.7 Å². The second kappa shape index (κ2) is 5.52. The lowest BCUT2D eigenvalue weighted by Crippen LogP contribution is -2.12. The Morgan fingerprint density at radius 1 is 1.39 bits per heavy atom. The second-order valence-electron chi connectivity index (χ2n) is 6.44. The largest absolute Gasteiger partial charge is 0.300 e. The molecule has 2 nitrogen and oxygen atoms in total. The Bertz CT molecular complexity index is 416. The fourth-order valence-corrected chi connectivity index (χ4v) is 3.59. The Hall–Kier alpha value is -0.700. The van der Waals surface area contributed by atoms with Gasteiger partial charge in [0.2, 0.25) is 0 Å². The monoisotopic (exact) mass is 265 g/mol. The highest BCUT2D eigenvalue weighted by Gasteiger charge is 2.21. The van der Waals surface area contributed by atoms with Gasteiger partial charge in [0.25, 0.3) is 0 Å². The van der Waals surface area contributed by atoms with Gasteiger partial charge in [-0.15, -0.1) is 11.3 Å². The van der Waals surface area contributed by atoms with Crippen molar-refractivity contribution in [2.75, 3.05) is 0 Å². The summed E-state index contributed by atoms with van der Waals surface area (Å²) in [6.45, 7) is 6.59. The van der Waals surface area contributed by atoms with Crippen LogP contribution in [-0.2, 0) is 16.6 Å². The first-order valence-electron chi connectivity index (χ1n) is 6.92. The number of aromatic nitrogens is 1. The topological polar surface area (TPSA) is 30.0 Å². The van der Waals surface area contributed by atoms with Gasteiger partial charge in [-0.1, -0.05) is 27.2 Å². The van der Waals surface area contributed by atoms with E-state index in [1.807, 2.05) is 0 Å². The van der Waals surface area contributed by atoms with E-state index in [9.17, 15) is 4.79 Å². The van der Waals surface area contributed by atoms with Crippen LogP contribution in [0.15, 0.2) is 5.38 Å². The van der Waals surface area contributed by atoms with Gasteiger partial charge in [-0.05, 0) is 18.8 Å². The van der Waals surface area contributed by atoms with Gasteiger partial charge in [0.15, 0.2) is 0 Å². The second-order valence-corrected chi connectivity index (χ2v) is 7.38. The molecule has 3 heteroatoms. The lowest BCUT2D eigenvalue weighted by molar-refractivity contribution is -0.119. The first kappa shape index (κ1) is 13.7. The number of hydrogen-bond donors (Lipinski definition) is 0. The number of nitrogens with zero attached hydrogens (tertiary/aromatic N) is 1. The summed E-state index contributed by atoms with van der Waals surface area (Å²) in [7, 11) is 0. The van der Waals surface area contributed by atoms with Gasteiger partial charge < -0.3 is 0 Å². The fourth-order valence-electron chi connectivity index (χ4n) is 2.45. The van der Waals surface area contributed by atoms with Gasteiger partial charge in [0, 0.05) is 30.1 Å². The third-order valence-corrected chi connectivity index (χ3v) is 4.49. The Morgan fingerprint density at radius 3 is 2.83 bits per heavy atom. The zero-order valence-corrected chi connectivity index (χ0v) is 12.5. The molecule has 1 aromatic heterocycles. The normalized spacial score (nSPS) is 21.9. The van der Waals surface area contributed by atoms with E-state index in [1.165, 1.54) is 23.5 Å². The quantitative estimate of drug-likeness (QED) is 0.752. The van der Waals surface area contributed by atoms with Crippen LogP contribution in [0.5, 0.6) is 0 Å². The highest BCUT2D eigenvalue weighted by atomic mass is 32.1. The van der Waals surface area contributed by atoms with Crippen molar-refractivity contribution in [1.82, 2.24) is 4.98 Å². The third kappa shape index (κ3) is 3.64. The predicted octanol–water partition coefficient (Wildman–Crippen LogP) is 4.13. The zero-order valence-electron chi connectivity index (χ0n) is 11.7. The summed E-state index contributed by atoms with van der Waals surface area (Å²) in [6, 6.07) is 0. The van der Waals surface area contributed by atoms with E-state index >= 15 is 0 Å². The molecule has 0 aliphatic heterocycles. The molecular weight excluding hydrogens is 242 g/mol. The van der Waals surface area contributed by atoms with Crippen molar-refractivity contribution in [3.05, 3.63) is 16.1 Å². The first-order valence-corrected chi connectivity index (χ1v) is 7.79. The molecule has 0 aromatic carbocycles. The van der Waals surface area contributed by atoms with Crippen molar-refractivity contribution < 1.29 is 4.79 Å². The average molecular weight is 265 g/mol. The zero-order chi connectivity index (χ0) is 13.2. The van der Waals surface area contributed by atoms with Crippen LogP contribution in [0.25, 0.3) is 0 Å². The molecule has 0 bridgehead atoms. The highest BCUT2D eigenvalue weighted by Crippen LogP contribution is 2.28. The van der Waals surface area contributed by atoms with Crippen LogP contribution in [-0.4, -0.2) is 10.8 Å². The molecule has 1 aliphatic carbocycles. The molecule has 1 atom stereocenters. The molecule has 18 heavy (non-hydrogen) atoms. The predicted molar refractivity (Wildman–Crippen MR) is 76.1 cm³/mol. The van der Waals surface area contributed by atoms with E-state index in [1.54, 1.807) is 11.3 Å². The van der Waals surface area contributed by atoms with Crippen molar-refractivity contribution in [1.29, 1.82) is 0 Å². The minimum Gasteiger partial charge on any atom is -0.300 e. The van der Waals surface area contributed by atoms with Crippen molar-refractivity contribution in [3.63, 3.8) is 0 Å². The summed E-state index contributed by atoms with van der Waals surface area (Å²) in [5, 5.41) is 3.38. The fraction of sp³-hybridized carbons (Fsp3) is 0.733. The molecule has 1 heterocycles. The van der Waals surface area contributed by atoms with Crippen LogP contribution in [0, 0.1) is 5.92 Å². The van der Waals surface area contributed by atoms with Crippen LogP contribution < -0.4 is 0 Å². The summed E-state index contributed by atoms with van der Waals surface area (Å²) in [5.41, 5.74) is 1.32. The summed E-state index contributed by atoms with van der Waals surface area (Å²) in [6.07, 6.45) is 6.03. The number of thiazole rings is 1. The molecule has 0 amide bonds. The molecule has 0 saturated heterocycles. The van der Waals surface area contributed by atoms with Gasteiger partial charge in [-0.25, -0.2) is 4.98 Å². The van der Waals surface area contributed by atoms with Gasteiger partial charge >= 0.3 is 0 Å². The van der Waals surface area contributed by atoms with E-state index in [0.717, 1.165) is 25.7 Å². The summed E-state index contributed by atoms with van der Waals surface area (Å²) in [5.74, 6) is 0.976. The van der Waals surface area contributed by atoms with Crippen molar-refractivity contribution in [3.8, 4) is 0 Å². The number of Topliss-reactive ketones (excluding diaryl/α,β-unsaturated/α-hetero) is 1. The molecule has 0 spiro atoms. The third-order valence-electron chi connectivity index (χ3n) is 3.62. The molecule has 1 saturated carbocycles. The maximum Gasteiger partial charge on any atom is 0.133 e. The van der Waals surface area contributed by atoms with Gasteiger partial charge in [-0.2, -0.15) is 0 Å². The van der Waals surface area contributed by atoms with E-state index in [2.05, 4.69) is 26.2 Å². The smallest absolute Gasteiger partial charge is 0.133 e. The average Bonchev–Trinajstić information content (AvgIpc) is 2.63. The van der Waals surface area contributed by atoms with E-state index in [4.69, 9.17) is 4.98 Å². The molecule has 1 aliphatic rings. The minimum absolute atomic E-state index is 0.133.